The molecule has 5 aromatic rings. The van der Waals surface area contributed by atoms with Crippen LogP contribution in [-0.2, 0) is 27.7 Å². The van der Waals surface area contributed by atoms with Crippen LogP contribution in [0.5, 0.6) is 0 Å². The zero-order chi connectivity index (χ0) is 29.4. The SMILES string of the molecule is CS(=N)(=O)N1CCC(n2cc(-c3cccc(C(N)=S)c3)c3ccc(CNC(=O)Cc4cc5ccccc5[nH]4)cc32)CC1. The minimum Gasteiger partial charge on any atom is -0.389 e. The van der Waals surface area contributed by atoms with Gasteiger partial charge in [0.05, 0.1) is 6.42 Å². The van der Waals surface area contributed by atoms with Gasteiger partial charge in [-0.15, -0.1) is 0 Å². The minimum absolute atomic E-state index is 0.0433. The number of hydrogen-bond donors (Lipinski definition) is 4. The Morgan fingerprint density at radius 2 is 1.88 bits per heavy atom. The van der Waals surface area contributed by atoms with Crippen LogP contribution in [0.15, 0.2) is 79.0 Å². The molecule has 3 heterocycles. The number of piperidine rings is 1. The van der Waals surface area contributed by atoms with Gasteiger partial charge < -0.3 is 20.6 Å². The molecule has 3 aromatic carbocycles. The summed E-state index contributed by atoms with van der Waals surface area (Å²) in [5.41, 5.74) is 12.9. The van der Waals surface area contributed by atoms with Crippen molar-refractivity contribution in [3.8, 4) is 11.1 Å². The third-order valence-electron chi connectivity index (χ3n) is 8.09. The van der Waals surface area contributed by atoms with E-state index >= 15 is 0 Å². The fourth-order valence-corrected chi connectivity index (χ4v) is 6.95. The van der Waals surface area contributed by atoms with Crippen molar-refractivity contribution in [3.63, 3.8) is 0 Å². The van der Waals surface area contributed by atoms with E-state index in [4.69, 9.17) is 22.7 Å². The molecule has 2 aromatic heterocycles. The lowest BCUT2D eigenvalue weighted by Gasteiger charge is -2.32. The summed E-state index contributed by atoms with van der Waals surface area (Å²) in [6.45, 7) is 1.64. The highest BCUT2D eigenvalue weighted by molar-refractivity contribution is 7.89. The number of rotatable bonds is 8. The van der Waals surface area contributed by atoms with Crippen LogP contribution in [0.2, 0.25) is 0 Å². The van der Waals surface area contributed by atoms with E-state index in [9.17, 15) is 9.00 Å². The van der Waals surface area contributed by atoms with Crippen LogP contribution in [0.4, 0.5) is 0 Å². The van der Waals surface area contributed by atoms with E-state index in [1.54, 1.807) is 4.31 Å². The maximum absolute atomic E-state index is 12.8. The second kappa shape index (κ2) is 11.4. The molecular weight excluding hydrogens is 565 g/mol. The number of amides is 1. The summed E-state index contributed by atoms with van der Waals surface area (Å²) in [6, 6.07) is 24.5. The Kier molecular flexibility index (Phi) is 7.61. The Morgan fingerprint density at radius 1 is 1.10 bits per heavy atom. The number of nitrogens with zero attached hydrogens (tertiary/aromatic N) is 2. The van der Waals surface area contributed by atoms with Crippen LogP contribution >= 0.6 is 12.2 Å². The molecule has 1 aliphatic rings. The van der Waals surface area contributed by atoms with Gasteiger partial charge in [0.2, 0.25) is 5.91 Å². The summed E-state index contributed by atoms with van der Waals surface area (Å²) in [5.74, 6) is -0.0433. The Bertz CT molecular complexity index is 1880. The van der Waals surface area contributed by atoms with E-state index < -0.39 is 9.92 Å². The van der Waals surface area contributed by atoms with Crippen molar-refractivity contribution in [2.75, 3.05) is 19.3 Å². The first-order valence-corrected chi connectivity index (χ1v) is 16.3. The number of carbonyl (C=O) groups is 1. The molecule has 1 aliphatic heterocycles. The standard InChI is InChI=1S/C32H34N6O2S2/c1-42(34,40)37-13-11-26(12-14-37)38-20-28(22-6-4-7-24(16-22)32(33)41)27-10-9-21(15-30(27)38)19-35-31(39)18-25-17-23-5-2-3-8-29(23)36-25/h2-10,15-17,20,26,34,36H,11-14,18-19H2,1H3,(H2,33,41)(H,35,39). The average molecular weight is 599 g/mol. The molecule has 10 heteroatoms. The molecule has 8 nitrogen and oxygen atoms in total. The van der Waals surface area contributed by atoms with Crippen molar-refractivity contribution in [2.45, 2.75) is 31.8 Å². The van der Waals surface area contributed by atoms with E-state index in [0.717, 1.165) is 62.6 Å². The summed E-state index contributed by atoms with van der Waals surface area (Å²) in [6.07, 6.45) is 5.55. The molecule has 0 radical (unpaired) electrons. The van der Waals surface area contributed by atoms with Crippen LogP contribution in [0.1, 0.15) is 35.7 Å². The molecule has 0 aliphatic carbocycles. The first-order chi connectivity index (χ1) is 20.2. The Morgan fingerprint density at radius 3 is 2.62 bits per heavy atom. The molecule has 1 unspecified atom stereocenters. The number of aromatic amines is 1. The minimum atomic E-state index is -2.72. The van der Waals surface area contributed by atoms with Gasteiger partial charge in [-0.1, -0.05) is 60.7 Å². The third kappa shape index (κ3) is 5.83. The molecule has 1 amide bonds. The second-order valence-corrected chi connectivity index (χ2v) is 13.6. The van der Waals surface area contributed by atoms with Gasteiger partial charge in [0.1, 0.15) is 14.9 Å². The summed E-state index contributed by atoms with van der Waals surface area (Å²) >= 11 is 5.23. The molecule has 42 heavy (non-hydrogen) atoms. The van der Waals surface area contributed by atoms with Crippen molar-refractivity contribution in [1.82, 2.24) is 19.2 Å². The molecule has 1 fully saturated rings. The monoisotopic (exact) mass is 598 g/mol. The van der Waals surface area contributed by atoms with Gasteiger partial charge in [-0.3, -0.25) is 4.79 Å². The number of para-hydroxylation sites is 1. The van der Waals surface area contributed by atoms with Crippen LogP contribution < -0.4 is 11.1 Å². The maximum Gasteiger partial charge on any atom is 0.226 e. The number of H-pyrrole nitrogens is 1. The second-order valence-electron chi connectivity index (χ2n) is 11.0. The first-order valence-electron chi connectivity index (χ1n) is 14.0. The number of aromatic nitrogens is 2. The molecule has 0 saturated carbocycles. The maximum atomic E-state index is 12.8. The zero-order valence-electron chi connectivity index (χ0n) is 23.4. The van der Waals surface area contributed by atoms with Crippen LogP contribution in [0.3, 0.4) is 0 Å². The van der Waals surface area contributed by atoms with Gasteiger partial charge in [-0.2, -0.15) is 0 Å². The van der Waals surface area contributed by atoms with E-state index in [1.807, 2.05) is 48.5 Å². The number of carbonyl (C=O) groups excluding carboxylic acids is 1. The largest absolute Gasteiger partial charge is 0.389 e. The highest BCUT2D eigenvalue weighted by atomic mass is 32.2. The van der Waals surface area contributed by atoms with E-state index in [1.165, 1.54) is 6.26 Å². The molecule has 0 bridgehead atoms. The molecular formula is C32H34N6O2S2. The fourth-order valence-electron chi connectivity index (χ4n) is 5.91. The Hall–Kier alpha value is -3.99. The Labute approximate surface area is 251 Å². The van der Waals surface area contributed by atoms with Crippen molar-refractivity contribution >= 4 is 54.8 Å². The molecule has 1 saturated heterocycles. The van der Waals surface area contributed by atoms with Crippen molar-refractivity contribution in [1.29, 1.82) is 4.78 Å². The van der Waals surface area contributed by atoms with Gasteiger partial charge in [-0.25, -0.2) is 13.3 Å². The highest BCUT2D eigenvalue weighted by Crippen LogP contribution is 2.36. The number of benzene rings is 3. The van der Waals surface area contributed by atoms with Crippen molar-refractivity contribution < 1.29 is 9.00 Å². The van der Waals surface area contributed by atoms with Crippen LogP contribution in [0, 0.1) is 4.78 Å². The molecule has 6 rings (SSSR count). The molecule has 0 spiro atoms. The number of hydrogen-bond acceptors (Lipinski definition) is 4. The number of fused-ring (bicyclic) bond motifs is 2. The predicted octanol–water partition coefficient (Wildman–Crippen LogP) is 5.51. The smallest absolute Gasteiger partial charge is 0.226 e. The highest BCUT2D eigenvalue weighted by Gasteiger charge is 2.26. The van der Waals surface area contributed by atoms with Crippen molar-refractivity contribution in [3.05, 3.63) is 95.8 Å². The summed E-state index contributed by atoms with van der Waals surface area (Å²) in [7, 11) is -2.72. The normalized spacial score (nSPS) is 16.0. The lowest BCUT2D eigenvalue weighted by atomic mass is 10.0. The lowest BCUT2D eigenvalue weighted by Crippen LogP contribution is -2.37. The number of nitrogens with one attached hydrogen (secondary N) is 3. The van der Waals surface area contributed by atoms with Gasteiger partial charge >= 0.3 is 0 Å². The van der Waals surface area contributed by atoms with Crippen LogP contribution in [0.25, 0.3) is 32.9 Å². The van der Waals surface area contributed by atoms with E-state index in [-0.39, 0.29) is 18.4 Å². The quantitative estimate of drug-likeness (QED) is 0.176. The van der Waals surface area contributed by atoms with Crippen molar-refractivity contribution in [2.24, 2.45) is 5.73 Å². The van der Waals surface area contributed by atoms with Gasteiger partial charge in [0.25, 0.3) is 0 Å². The average Bonchev–Trinajstić information content (AvgIpc) is 3.56. The summed E-state index contributed by atoms with van der Waals surface area (Å²) in [4.78, 5) is 16.5. The molecule has 1 atom stereocenters. The lowest BCUT2D eigenvalue weighted by molar-refractivity contribution is -0.120. The zero-order valence-corrected chi connectivity index (χ0v) is 25.1. The first kappa shape index (κ1) is 28.1. The third-order valence-corrected chi connectivity index (χ3v) is 9.68. The Balaban J connectivity index is 1.28. The van der Waals surface area contributed by atoms with Gasteiger partial charge in [0, 0.05) is 71.4 Å². The fraction of sp³-hybridized carbons (Fsp3) is 0.250. The number of nitrogens with two attached hydrogens (primary N) is 1. The topological polar surface area (TPSA) is 120 Å². The number of thiocarbonyl (C=S) groups is 1. The van der Waals surface area contributed by atoms with Crippen LogP contribution in [-0.4, -0.2) is 48.3 Å². The van der Waals surface area contributed by atoms with Gasteiger partial charge in [0.15, 0.2) is 0 Å². The van der Waals surface area contributed by atoms with E-state index in [0.29, 0.717) is 24.6 Å². The summed E-state index contributed by atoms with van der Waals surface area (Å²) < 4.78 is 24.4. The molecule has 216 valence electrons. The van der Waals surface area contributed by atoms with E-state index in [2.05, 4.69) is 45.3 Å². The molecule has 5 N–H and O–H groups in total. The predicted molar refractivity (Wildman–Crippen MR) is 174 cm³/mol. The van der Waals surface area contributed by atoms with Gasteiger partial charge in [-0.05, 0) is 53.6 Å². The summed E-state index contributed by atoms with van der Waals surface area (Å²) in [5, 5.41) is 5.28.